The molecule has 0 amide bonds. The number of hydrogen-bond donors (Lipinski definition) is 2. The second kappa shape index (κ2) is 7.76. The van der Waals surface area contributed by atoms with Crippen molar-refractivity contribution >= 4 is 0 Å². The molecule has 1 aromatic carbocycles. The number of rotatable bonds is 6. The van der Waals surface area contributed by atoms with Crippen LogP contribution in [0, 0.1) is 11.7 Å². The van der Waals surface area contributed by atoms with Gasteiger partial charge in [0.05, 0.1) is 6.10 Å². The van der Waals surface area contributed by atoms with Crippen LogP contribution in [0.2, 0.25) is 0 Å². The largest absolute Gasteiger partial charge is 0.488 e. The molecule has 1 aromatic rings. The van der Waals surface area contributed by atoms with Gasteiger partial charge in [-0.3, -0.25) is 0 Å². The SMILES string of the molecule is CC(C)CNCc1cc(F)cc(OC2CCCCC2O)c1. The van der Waals surface area contributed by atoms with E-state index in [-0.39, 0.29) is 11.9 Å². The summed E-state index contributed by atoms with van der Waals surface area (Å²) in [5, 5.41) is 13.2. The van der Waals surface area contributed by atoms with Crippen LogP contribution in [0.15, 0.2) is 18.2 Å². The summed E-state index contributed by atoms with van der Waals surface area (Å²) in [4.78, 5) is 0. The fourth-order valence-electron chi connectivity index (χ4n) is 2.69. The lowest BCUT2D eigenvalue weighted by Gasteiger charge is -2.28. The Morgan fingerprint density at radius 1 is 1.29 bits per heavy atom. The van der Waals surface area contributed by atoms with Crippen molar-refractivity contribution in [1.29, 1.82) is 0 Å². The number of nitrogens with one attached hydrogen (secondary N) is 1. The summed E-state index contributed by atoms with van der Waals surface area (Å²) in [6.45, 7) is 5.79. The Morgan fingerprint density at radius 3 is 2.76 bits per heavy atom. The summed E-state index contributed by atoms with van der Waals surface area (Å²) in [6, 6.07) is 4.78. The van der Waals surface area contributed by atoms with E-state index in [0.717, 1.165) is 37.8 Å². The second-order valence-electron chi connectivity index (χ2n) is 6.33. The van der Waals surface area contributed by atoms with Gasteiger partial charge >= 0.3 is 0 Å². The third-order valence-electron chi connectivity index (χ3n) is 3.77. The molecule has 2 atom stereocenters. The molecule has 1 saturated carbocycles. The third kappa shape index (κ3) is 5.29. The van der Waals surface area contributed by atoms with E-state index in [2.05, 4.69) is 19.2 Å². The van der Waals surface area contributed by atoms with Crippen molar-refractivity contribution in [3.05, 3.63) is 29.6 Å². The second-order valence-corrected chi connectivity index (χ2v) is 6.33. The molecule has 21 heavy (non-hydrogen) atoms. The van der Waals surface area contributed by atoms with Gasteiger partial charge in [0, 0.05) is 12.6 Å². The Labute approximate surface area is 126 Å². The number of benzene rings is 1. The van der Waals surface area contributed by atoms with E-state index in [4.69, 9.17) is 4.74 Å². The Bertz CT molecular complexity index is 450. The maximum atomic E-state index is 13.7. The standard InChI is InChI=1S/C17H26FNO2/c1-12(2)10-19-11-13-7-14(18)9-15(8-13)21-17-6-4-3-5-16(17)20/h7-9,12,16-17,19-20H,3-6,10-11H2,1-2H3. The van der Waals surface area contributed by atoms with Crippen LogP contribution in [-0.4, -0.2) is 23.9 Å². The van der Waals surface area contributed by atoms with E-state index in [1.54, 1.807) is 0 Å². The van der Waals surface area contributed by atoms with Crippen molar-refractivity contribution in [2.24, 2.45) is 5.92 Å². The van der Waals surface area contributed by atoms with Gasteiger partial charge in [0.1, 0.15) is 17.7 Å². The molecule has 0 saturated heterocycles. The zero-order valence-electron chi connectivity index (χ0n) is 12.9. The summed E-state index contributed by atoms with van der Waals surface area (Å²) in [5.41, 5.74) is 0.871. The molecule has 0 bridgehead atoms. The highest BCUT2D eigenvalue weighted by molar-refractivity contribution is 5.30. The van der Waals surface area contributed by atoms with Gasteiger partial charge in [0.25, 0.3) is 0 Å². The molecular formula is C17H26FNO2. The predicted molar refractivity (Wildman–Crippen MR) is 81.8 cm³/mol. The number of ether oxygens (including phenoxy) is 1. The lowest BCUT2D eigenvalue weighted by Crippen LogP contribution is -2.34. The van der Waals surface area contributed by atoms with Gasteiger partial charge in [0.2, 0.25) is 0 Å². The molecule has 1 aliphatic rings. The number of hydrogen-bond acceptors (Lipinski definition) is 3. The van der Waals surface area contributed by atoms with Crippen molar-refractivity contribution in [3.63, 3.8) is 0 Å². The normalized spacial score (nSPS) is 22.5. The maximum Gasteiger partial charge on any atom is 0.127 e. The van der Waals surface area contributed by atoms with E-state index >= 15 is 0 Å². The van der Waals surface area contributed by atoms with E-state index in [0.29, 0.717) is 18.2 Å². The van der Waals surface area contributed by atoms with Gasteiger partial charge in [-0.2, -0.15) is 0 Å². The molecular weight excluding hydrogens is 269 g/mol. The molecule has 2 N–H and O–H groups in total. The lowest BCUT2D eigenvalue weighted by atomic mass is 9.95. The number of aliphatic hydroxyl groups excluding tert-OH is 1. The Kier molecular flexibility index (Phi) is 6.00. The highest BCUT2D eigenvalue weighted by Crippen LogP contribution is 2.25. The molecule has 0 radical (unpaired) electrons. The van der Waals surface area contributed by atoms with E-state index in [9.17, 15) is 9.50 Å². The Hall–Kier alpha value is -1.13. The average molecular weight is 295 g/mol. The Balaban J connectivity index is 1.97. The predicted octanol–water partition coefficient (Wildman–Crippen LogP) is 3.25. The number of halogens is 1. The van der Waals surface area contributed by atoms with Crippen LogP contribution < -0.4 is 10.1 Å². The first-order chi connectivity index (χ1) is 10.0. The first-order valence-electron chi connectivity index (χ1n) is 7.89. The molecule has 2 rings (SSSR count). The summed E-state index contributed by atoms with van der Waals surface area (Å²) in [6.07, 6.45) is 3.04. The van der Waals surface area contributed by atoms with Crippen molar-refractivity contribution < 1.29 is 14.2 Å². The smallest absolute Gasteiger partial charge is 0.127 e. The molecule has 118 valence electrons. The fraction of sp³-hybridized carbons (Fsp3) is 0.647. The topological polar surface area (TPSA) is 41.5 Å². The highest BCUT2D eigenvalue weighted by atomic mass is 19.1. The first kappa shape index (κ1) is 16.2. The molecule has 0 aromatic heterocycles. The van der Waals surface area contributed by atoms with Crippen LogP contribution in [0.1, 0.15) is 45.1 Å². The summed E-state index contributed by atoms with van der Waals surface area (Å²) in [7, 11) is 0. The monoisotopic (exact) mass is 295 g/mol. The van der Waals surface area contributed by atoms with Crippen LogP contribution in [0.4, 0.5) is 4.39 Å². The quantitative estimate of drug-likeness (QED) is 0.846. The summed E-state index contributed by atoms with van der Waals surface area (Å²) >= 11 is 0. The molecule has 1 fully saturated rings. The van der Waals surface area contributed by atoms with Crippen LogP contribution in [0.25, 0.3) is 0 Å². The van der Waals surface area contributed by atoms with Crippen LogP contribution in [0.3, 0.4) is 0 Å². The van der Waals surface area contributed by atoms with E-state index < -0.39 is 6.10 Å². The summed E-state index contributed by atoms with van der Waals surface area (Å²) < 4.78 is 19.5. The minimum absolute atomic E-state index is 0.211. The van der Waals surface area contributed by atoms with Gasteiger partial charge in [0.15, 0.2) is 0 Å². The van der Waals surface area contributed by atoms with Crippen molar-refractivity contribution in [1.82, 2.24) is 5.32 Å². The van der Waals surface area contributed by atoms with Gasteiger partial charge < -0.3 is 15.2 Å². The van der Waals surface area contributed by atoms with Gasteiger partial charge in [-0.05, 0) is 49.4 Å². The van der Waals surface area contributed by atoms with Gasteiger partial charge in [-0.1, -0.05) is 20.3 Å². The van der Waals surface area contributed by atoms with Crippen molar-refractivity contribution in [3.8, 4) is 5.75 Å². The van der Waals surface area contributed by atoms with E-state index in [1.165, 1.54) is 12.1 Å². The molecule has 1 aliphatic carbocycles. The number of aliphatic hydroxyl groups is 1. The van der Waals surface area contributed by atoms with Crippen LogP contribution >= 0.6 is 0 Å². The average Bonchev–Trinajstić information content (AvgIpc) is 2.40. The molecule has 4 heteroatoms. The van der Waals surface area contributed by atoms with Gasteiger partial charge in [-0.15, -0.1) is 0 Å². The zero-order chi connectivity index (χ0) is 15.2. The minimum atomic E-state index is -0.440. The molecule has 2 unspecified atom stereocenters. The maximum absolute atomic E-state index is 13.7. The first-order valence-corrected chi connectivity index (χ1v) is 7.89. The Morgan fingerprint density at radius 2 is 2.05 bits per heavy atom. The highest BCUT2D eigenvalue weighted by Gasteiger charge is 2.24. The lowest BCUT2D eigenvalue weighted by molar-refractivity contribution is 0.00668. The van der Waals surface area contributed by atoms with Gasteiger partial charge in [-0.25, -0.2) is 4.39 Å². The van der Waals surface area contributed by atoms with Crippen LogP contribution in [-0.2, 0) is 6.54 Å². The zero-order valence-corrected chi connectivity index (χ0v) is 12.9. The minimum Gasteiger partial charge on any atom is -0.488 e. The summed E-state index contributed by atoms with van der Waals surface area (Å²) in [5.74, 6) is 0.785. The molecule has 0 spiro atoms. The van der Waals surface area contributed by atoms with Crippen molar-refractivity contribution in [2.75, 3.05) is 6.54 Å². The fourth-order valence-corrected chi connectivity index (χ4v) is 2.69. The third-order valence-corrected chi connectivity index (χ3v) is 3.77. The molecule has 3 nitrogen and oxygen atoms in total. The molecule has 0 heterocycles. The van der Waals surface area contributed by atoms with Crippen LogP contribution in [0.5, 0.6) is 5.75 Å². The van der Waals surface area contributed by atoms with Crippen molar-refractivity contribution in [2.45, 2.75) is 58.3 Å². The molecule has 0 aliphatic heterocycles. The van der Waals surface area contributed by atoms with E-state index in [1.807, 2.05) is 6.07 Å².